The summed E-state index contributed by atoms with van der Waals surface area (Å²) >= 11 is 0. The van der Waals surface area contributed by atoms with Crippen LogP contribution in [0.5, 0.6) is 0 Å². The lowest BCUT2D eigenvalue weighted by atomic mass is 10.2. The van der Waals surface area contributed by atoms with Gasteiger partial charge >= 0.3 is 0 Å². The Morgan fingerprint density at radius 1 is 1.17 bits per heavy atom. The van der Waals surface area contributed by atoms with Gasteiger partial charge in [-0.2, -0.15) is 5.26 Å². The highest BCUT2D eigenvalue weighted by Crippen LogP contribution is 2.22. The Morgan fingerprint density at radius 3 is 2.54 bits per heavy atom. The number of aryl methyl sites for hydroxylation is 1. The lowest BCUT2D eigenvalue weighted by Gasteiger charge is -2.03. The summed E-state index contributed by atoms with van der Waals surface area (Å²) in [5.41, 5.74) is 2.68. The fraction of sp³-hybridized carbons (Fsp3) is 0.105. The highest BCUT2D eigenvalue weighted by molar-refractivity contribution is 5.92. The van der Waals surface area contributed by atoms with E-state index in [0.717, 1.165) is 5.56 Å². The third-order valence-electron chi connectivity index (χ3n) is 3.54. The van der Waals surface area contributed by atoms with Crippen LogP contribution in [0.1, 0.15) is 17.0 Å². The van der Waals surface area contributed by atoms with E-state index in [1.165, 1.54) is 0 Å². The maximum atomic E-state index is 12.2. The molecule has 5 heteroatoms. The number of carbonyl (C=O) groups is 1. The number of nitrogens with one attached hydrogen (secondary N) is 1. The maximum absolute atomic E-state index is 12.2. The summed E-state index contributed by atoms with van der Waals surface area (Å²) < 4.78 is 5.65. The summed E-state index contributed by atoms with van der Waals surface area (Å²) in [5, 5.41) is 11.6. The molecular weight excluding hydrogens is 302 g/mol. The third-order valence-corrected chi connectivity index (χ3v) is 3.54. The first-order valence-electron chi connectivity index (χ1n) is 7.47. The zero-order chi connectivity index (χ0) is 16.9. The minimum absolute atomic E-state index is 0.127. The zero-order valence-electron chi connectivity index (χ0n) is 13.1. The summed E-state index contributed by atoms with van der Waals surface area (Å²) in [5.74, 6) is 0.953. The Labute approximate surface area is 139 Å². The van der Waals surface area contributed by atoms with Gasteiger partial charge in [0.05, 0.1) is 23.7 Å². The molecule has 1 heterocycles. The molecule has 0 unspecified atom stereocenters. The maximum Gasteiger partial charge on any atom is 0.230 e. The van der Waals surface area contributed by atoms with Gasteiger partial charge in [-0.3, -0.25) is 4.79 Å². The van der Waals surface area contributed by atoms with E-state index in [2.05, 4.69) is 10.3 Å². The number of anilines is 1. The van der Waals surface area contributed by atoms with E-state index in [9.17, 15) is 4.79 Å². The molecule has 0 aliphatic heterocycles. The molecule has 24 heavy (non-hydrogen) atoms. The Balaban J connectivity index is 1.70. The van der Waals surface area contributed by atoms with Crippen LogP contribution in [-0.4, -0.2) is 10.9 Å². The van der Waals surface area contributed by atoms with Crippen molar-refractivity contribution in [3.05, 3.63) is 71.6 Å². The summed E-state index contributed by atoms with van der Waals surface area (Å²) in [4.78, 5) is 16.6. The van der Waals surface area contributed by atoms with Crippen LogP contribution in [-0.2, 0) is 11.2 Å². The number of nitriles is 1. The number of benzene rings is 2. The smallest absolute Gasteiger partial charge is 0.230 e. The van der Waals surface area contributed by atoms with Gasteiger partial charge in [0, 0.05) is 11.3 Å². The van der Waals surface area contributed by atoms with Crippen molar-refractivity contribution in [2.24, 2.45) is 0 Å². The van der Waals surface area contributed by atoms with Gasteiger partial charge in [-0.05, 0) is 43.3 Å². The Morgan fingerprint density at radius 2 is 1.88 bits per heavy atom. The molecule has 0 bridgehead atoms. The molecule has 118 valence electrons. The highest BCUT2D eigenvalue weighted by atomic mass is 16.4. The summed E-state index contributed by atoms with van der Waals surface area (Å²) in [6.45, 7) is 1.80. The van der Waals surface area contributed by atoms with Crippen molar-refractivity contribution in [1.29, 1.82) is 5.26 Å². The fourth-order valence-electron chi connectivity index (χ4n) is 2.28. The minimum Gasteiger partial charge on any atom is -0.441 e. The monoisotopic (exact) mass is 317 g/mol. The largest absolute Gasteiger partial charge is 0.441 e. The average Bonchev–Trinajstić information content (AvgIpc) is 2.97. The van der Waals surface area contributed by atoms with Crippen LogP contribution in [0.2, 0.25) is 0 Å². The number of aromatic nitrogens is 1. The van der Waals surface area contributed by atoms with Gasteiger partial charge in [0.25, 0.3) is 0 Å². The standard InChI is InChI=1S/C19H15N3O2/c1-13-17(22-19(24-13)15-5-3-2-4-6-15)11-18(23)21-16-9-7-14(12-20)8-10-16/h2-10H,11H2,1H3,(H,21,23). The van der Waals surface area contributed by atoms with Crippen molar-refractivity contribution >= 4 is 11.6 Å². The van der Waals surface area contributed by atoms with E-state index in [4.69, 9.17) is 9.68 Å². The molecule has 3 aromatic rings. The first kappa shape index (κ1) is 15.5. The molecule has 0 fully saturated rings. The second-order valence-electron chi connectivity index (χ2n) is 5.30. The molecule has 2 aromatic carbocycles. The first-order valence-corrected chi connectivity index (χ1v) is 7.47. The normalized spacial score (nSPS) is 10.2. The minimum atomic E-state index is -0.185. The van der Waals surface area contributed by atoms with Gasteiger partial charge in [0.15, 0.2) is 0 Å². The van der Waals surface area contributed by atoms with E-state index >= 15 is 0 Å². The van der Waals surface area contributed by atoms with Gasteiger partial charge in [0.2, 0.25) is 11.8 Å². The molecule has 0 aliphatic carbocycles. The molecule has 5 nitrogen and oxygen atoms in total. The van der Waals surface area contributed by atoms with Crippen molar-refractivity contribution in [2.45, 2.75) is 13.3 Å². The quantitative estimate of drug-likeness (QED) is 0.795. The average molecular weight is 317 g/mol. The molecular formula is C19H15N3O2. The molecule has 0 atom stereocenters. The van der Waals surface area contributed by atoms with E-state index < -0.39 is 0 Å². The molecule has 0 saturated carbocycles. The summed E-state index contributed by atoms with van der Waals surface area (Å²) in [7, 11) is 0. The SMILES string of the molecule is Cc1oc(-c2ccccc2)nc1CC(=O)Nc1ccc(C#N)cc1. The van der Waals surface area contributed by atoms with Gasteiger partial charge in [-0.25, -0.2) is 4.98 Å². The number of hydrogen-bond donors (Lipinski definition) is 1. The zero-order valence-corrected chi connectivity index (χ0v) is 13.1. The number of amides is 1. The molecule has 3 rings (SSSR count). The van der Waals surface area contributed by atoms with Crippen molar-refractivity contribution in [3.8, 4) is 17.5 Å². The Bertz CT molecular complexity index is 891. The number of oxazole rings is 1. The predicted octanol–water partition coefficient (Wildman–Crippen LogP) is 3.70. The van der Waals surface area contributed by atoms with E-state index in [0.29, 0.717) is 28.6 Å². The first-order chi connectivity index (χ1) is 11.7. The van der Waals surface area contributed by atoms with E-state index in [1.807, 2.05) is 36.4 Å². The highest BCUT2D eigenvalue weighted by Gasteiger charge is 2.14. The Kier molecular flexibility index (Phi) is 4.39. The van der Waals surface area contributed by atoms with Gasteiger partial charge in [-0.15, -0.1) is 0 Å². The second kappa shape index (κ2) is 6.80. The lowest BCUT2D eigenvalue weighted by molar-refractivity contribution is -0.115. The van der Waals surface area contributed by atoms with Crippen LogP contribution in [0.4, 0.5) is 5.69 Å². The summed E-state index contributed by atoms with van der Waals surface area (Å²) in [6, 6.07) is 18.3. The van der Waals surface area contributed by atoms with Crippen molar-refractivity contribution < 1.29 is 9.21 Å². The lowest BCUT2D eigenvalue weighted by Crippen LogP contribution is -2.15. The number of rotatable bonds is 4. The molecule has 1 aromatic heterocycles. The van der Waals surface area contributed by atoms with E-state index in [-0.39, 0.29) is 12.3 Å². The van der Waals surface area contributed by atoms with Gasteiger partial charge in [-0.1, -0.05) is 18.2 Å². The Hall–Kier alpha value is -3.39. The van der Waals surface area contributed by atoms with Crippen molar-refractivity contribution in [1.82, 2.24) is 4.98 Å². The third kappa shape index (κ3) is 3.50. The van der Waals surface area contributed by atoms with Crippen molar-refractivity contribution in [3.63, 3.8) is 0 Å². The predicted molar refractivity (Wildman–Crippen MR) is 90.2 cm³/mol. The van der Waals surface area contributed by atoms with Gasteiger partial charge in [0.1, 0.15) is 5.76 Å². The molecule has 1 N–H and O–H groups in total. The number of carbonyl (C=O) groups excluding carboxylic acids is 1. The molecule has 0 aliphatic rings. The molecule has 1 amide bonds. The fourth-order valence-corrected chi connectivity index (χ4v) is 2.28. The van der Waals surface area contributed by atoms with Crippen molar-refractivity contribution in [2.75, 3.05) is 5.32 Å². The van der Waals surface area contributed by atoms with Crippen LogP contribution in [0, 0.1) is 18.3 Å². The van der Waals surface area contributed by atoms with Crippen LogP contribution in [0.15, 0.2) is 59.0 Å². The molecule has 0 radical (unpaired) electrons. The topological polar surface area (TPSA) is 78.9 Å². The van der Waals surface area contributed by atoms with Crippen LogP contribution >= 0.6 is 0 Å². The van der Waals surface area contributed by atoms with Crippen LogP contribution < -0.4 is 5.32 Å². The number of nitrogens with zero attached hydrogens (tertiary/aromatic N) is 2. The van der Waals surface area contributed by atoms with E-state index in [1.54, 1.807) is 31.2 Å². The number of hydrogen-bond acceptors (Lipinski definition) is 4. The molecule has 0 saturated heterocycles. The van der Waals surface area contributed by atoms with Gasteiger partial charge < -0.3 is 9.73 Å². The second-order valence-corrected chi connectivity index (χ2v) is 5.30. The van der Waals surface area contributed by atoms with Crippen LogP contribution in [0.25, 0.3) is 11.5 Å². The molecule has 0 spiro atoms. The van der Waals surface area contributed by atoms with Crippen LogP contribution in [0.3, 0.4) is 0 Å². The summed E-state index contributed by atoms with van der Waals surface area (Å²) in [6.07, 6.45) is 0.127.